The quantitative estimate of drug-likeness (QED) is 0.0217. The molecule has 2 fully saturated rings. The number of hydrogen-bond acceptors (Lipinski definition) is 15. The van der Waals surface area contributed by atoms with E-state index in [1.165, 1.54) is 42.4 Å². The molecule has 3 aliphatic carbocycles. The van der Waals surface area contributed by atoms with Gasteiger partial charge in [-0.1, -0.05) is 255 Å². The van der Waals surface area contributed by atoms with E-state index >= 15 is 0 Å². The summed E-state index contributed by atoms with van der Waals surface area (Å²) in [5, 5.41) is 48.7. The van der Waals surface area contributed by atoms with Crippen LogP contribution in [0.3, 0.4) is 0 Å². The Bertz CT molecular complexity index is 4010. The number of carbonyl (C=O) groups excluding carboxylic acids is 3. The topological polar surface area (TPSA) is 217 Å². The van der Waals surface area contributed by atoms with Crippen molar-refractivity contribution in [3.8, 4) is 0 Å². The minimum absolute atomic E-state index is 0.00314. The van der Waals surface area contributed by atoms with Crippen LogP contribution in [0.1, 0.15) is 220 Å². The lowest BCUT2D eigenvalue weighted by Crippen LogP contribution is -2.74. The SMILES string of the molecule is CC(C)(C)C(O)C(C)(C)COC(=O)c1cccc(Br)c1.CC(C)(C)C1=C(c2cccc(B(O)O)c2)OCC1(C)C.CC(C)(C)C1=C(c2cccc(Br)c2)OCC1(C)C.CC(C)C(=O)C(C)(C)COC(=O)c1cccc(Br)c1.COC1(c2ccc(Cl)c(B(O)O)c2)OOC12C1CCCC2C2=C(CCCC2)C1.CPC. The van der Waals surface area contributed by atoms with Crippen LogP contribution in [-0.4, -0.2) is 116 Å². The Balaban J connectivity index is 0.000000211. The third kappa shape index (κ3) is 22.7. The summed E-state index contributed by atoms with van der Waals surface area (Å²) < 4.78 is 31.3. The molecule has 108 heavy (non-hydrogen) atoms. The van der Waals surface area contributed by atoms with E-state index < -0.39 is 48.5 Å². The van der Waals surface area contributed by atoms with Crippen LogP contribution in [0.2, 0.25) is 5.02 Å². The van der Waals surface area contributed by atoms with Crippen molar-refractivity contribution in [3.63, 3.8) is 0 Å². The highest BCUT2D eigenvalue weighted by Crippen LogP contribution is 2.67. The van der Waals surface area contributed by atoms with Gasteiger partial charge in [-0.2, -0.15) is 4.89 Å². The maximum atomic E-state index is 12.0. The van der Waals surface area contributed by atoms with Crippen molar-refractivity contribution in [3.05, 3.63) is 184 Å². The first kappa shape index (κ1) is 92.4. The number of benzene rings is 5. The van der Waals surface area contributed by atoms with Crippen LogP contribution in [0.15, 0.2) is 151 Å². The lowest BCUT2D eigenvalue weighted by Gasteiger charge is -2.65. The Kier molecular flexibility index (Phi) is 32.6. The molecule has 3 heterocycles. The third-order valence-corrected chi connectivity index (χ3v) is 22.3. The van der Waals surface area contributed by atoms with Crippen LogP contribution in [0.4, 0.5) is 0 Å². The number of allylic oxidation sites excluding steroid dienone is 1. The van der Waals surface area contributed by atoms with Gasteiger partial charge in [-0.25, -0.2) is 14.5 Å². The van der Waals surface area contributed by atoms with E-state index in [1.807, 2.05) is 84.9 Å². The molecule has 592 valence electrons. The van der Waals surface area contributed by atoms with Gasteiger partial charge in [0.1, 0.15) is 23.9 Å². The fraction of sp³-hybridized carbons (Fsp3) is 0.547. The van der Waals surface area contributed by atoms with Gasteiger partial charge in [0.2, 0.25) is 0 Å². The van der Waals surface area contributed by atoms with Gasteiger partial charge < -0.3 is 48.9 Å². The average molecular weight is 1720 g/mol. The number of carbonyl (C=O) groups is 3. The number of halogens is 4. The van der Waals surface area contributed by atoms with Crippen LogP contribution in [0, 0.1) is 55.7 Å². The van der Waals surface area contributed by atoms with Crippen molar-refractivity contribution in [2.75, 3.05) is 46.9 Å². The third-order valence-electron chi connectivity index (χ3n) is 20.5. The molecule has 5 unspecified atom stereocenters. The minimum Gasteiger partial charge on any atom is -0.492 e. The Morgan fingerprint density at radius 1 is 0.620 bits per heavy atom. The minimum atomic E-state index is -1.66. The second kappa shape index (κ2) is 38.1. The number of rotatable bonds is 15. The van der Waals surface area contributed by atoms with E-state index in [0.29, 0.717) is 34.1 Å². The number of hydrogen-bond donors (Lipinski definition) is 5. The predicted molar refractivity (Wildman–Crippen MR) is 450 cm³/mol. The number of ketones is 1. The summed E-state index contributed by atoms with van der Waals surface area (Å²) in [5.41, 5.74) is 8.62. The summed E-state index contributed by atoms with van der Waals surface area (Å²) in [6.07, 6.45) is 8.70. The van der Waals surface area contributed by atoms with Crippen LogP contribution >= 0.6 is 68.0 Å². The molecule has 0 radical (unpaired) electrons. The maximum absolute atomic E-state index is 12.0. The maximum Gasteiger partial charge on any atom is 0.489 e. The summed E-state index contributed by atoms with van der Waals surface area (Å²) in [7, 11) is -0.381. The smallest absolute Gasteiger partial charge is 0.489 e. The van der Waals surface area contributed by atoms with Gasteiger partial charge in [0, 0.05) is 81.7 Å². The average Bonchev–Trinajstić information content (AvgIpc) is 0.829. The van der Waals surface area contributed by atoms with E-state index in [4.69, 9.17) is 45.1 Å². The number of fused-ring (bicyclic) bond motifs is 1. The first-order chi connectivity index (χ1) is 50.1. The highest BCUT2D eigenvalue weighted by molar-refractivity contribution is 9.11. The first-order valence-electron chi connectivity index (χ1n) is 37.5. The highest BCUT2D eigenvalue weighted by atomic mass is 79.9. The van der Waals surface area contributed by atoms with Crippen LogP contribution in [0.5, 0.6) is 0 Å². The molecule has 0 amide bonds. The summed E-state index contributed by atoms with van der Waals surface area (Å²) >= 11 is 16.3. The number of ether oxygens (including phenoxy) is 5. The zero-order chi connectivity index (χ0) is 81.1. The molecular weight excluding hydrogens is 1600 g/mol. The lowest BCUT2D eigenvalue weighted by atomic mass is 9.53. The first-order valence-corrected chi connectivity index (χ1v) is 42.3. The van der Waals surface area contributed by atoms with Crippen LogP contribution in [0.25, 0.3) is 11.5 Å². The molecule has 2 bridgehead atoms. The van der Waals surface area contributed by atoms with Crippen molar-refractivity contribution in [2.24, 2.45) is 55.7 Å². The number of esters is 2. The van der Waals surface area contributed by atoms with Gasteiger partial charge in [-0.05, 0) is 160 Å². The van der Waals surface area contributed by atoms with E-state index in [2.05, 4.69) is 149 Å². The molecule has 1 saturated carbocycles. The second-order valence-corrected chi connectivity index (χ2v) is 39.4. The summed E-state index contributed by atoms with van der Waals surface area (Å²) in [6, 6.07) is 34.9. The summed E-state index contributed by atoms with van der Waals surface area (Å²) in [6.45, 7) is 45.2. The number of aliphatic hydroxyl groups is 1. The molecule has 3 aliphatic heterocycles. The van der Waals surface area contributed by atoms with E-state index in [9.17, 15) is 39.6 Å². The molecule has 6 aliphatic rings. The molecule has 5 aromatic carbocycles. The normalized spacial score (nSPS) is 20.9. The Hall–Kier alpha value is -4.50. The van der Waals surface area contributed by atoms with E-state index in [0.717, 1.165) is 76.9 Å². The van der Waals surface area contributed by atoms with E-state index in [-0.39, 0.29) is 69.3 Å². The highest BCUT2D eigenvalue weighted by Gasteiger charge is 2.75. The molecule has 0 aromatic heterocycles. The van der Waals surface area contributed by atoms with Gasteiger partial charge in [0.15, 0.2) is 5.60 Å². The molecular formula is C86H119B2Br3ClO15P. The Morgan fingerprint density at radius 2 is 1.10 bits per heavy atom. The summed E-state index contributed by atoms with van der Waals surface area (Å²) in [4.78, 5) is 47.7. The fourth-order valence-electron chi connectivity index (χ4n) is 16.3. The van der Waals surface area contributed by atoms with Crippen molar-refractivity contribution >= 4 is 122 Å². The Labute approximate surface area is 677 Å². The zero-order valence-corrected chi connectivity index (χ0v) is 74.3. The molecule has 11 rings (SSSR count). The van der Waals surface area contributed by atoms with E-state index in [1.54, 1.807) is 92.8 Å². The second-order valence-electron chi connectivity index (χ2n) is 35.2. The number of methoxy groups -OCH3 is 1. The molecule has 1 saturated heterocycles. The zero-order valence-electron chi connectivity index (χ0n) is 67.7. The van der Waals surface area contributed by atoms with Gasteiger partial charge in [0.05, 0.1) is 42.5 Å². The van der Waals surface area contributed by atoms with Crippen molar-refractivity contribution in [2.45, 2.75) is 200 Å². The molecule has 15 nitrogen and oxygen atoms in total. The van der Waals surface area contributed by atoms with Crippen LogP contribution in [-0.2, 0) is 44.0 Å². The monoisotopic (exact) mass is 1720 g/mol. The van der Waals surface area contributed by atoms with Crippen molar-refractivity contribution in [1.29, 1.82) is 0 Å². The van der Waals surface area contributed by atoms with Gasteiger partial charge in [-0.15, -0.1) is 8.58 Å². The Morgan fingerprint density at radius 3 is 1.55 bits per heavy atom. The standard InChI is InChI=1S/C21H26BClO5.C16H23BO3.C16H23BrO3.C16H21BrO.C15H19BrO3.C2H7P/c1-26-21(15-9-10-19(23)18(12-15)22(24)25)20(27-28-21)14-6-4-8-17(20)16-7-3-2-5-13(16)11-14;1-15(2,3)14-13(20-10-16(14,4)5)11-7-6-8-12(9-11)17(18)19;1-15(2,3)14(19)16(4,5)10-20-13(18)11-7-6-8-12(17)9-11;1-15(2,3)14-13(18-10-16(14,4)5)11-7-6-8-12(17)9-11;1-10(2)13(17)15(3,4)9-19-14(18)11-6-5-7-12(16)8-11;1-3-2/h9-10,12,14,17,24-25H,2-8,11H2,1H3;6-9,18-19H,10H2,1-5H3;6-9,14,19H,10H2,1-5H3;6-9H,10H2,1-5H3;5-8,10H,9H2,1-4H3;3H,1-2H3. The molecule has 5 N–H and O–H groups in total. The lowest BCUT2D eigenvalue weighted by molar-refractivity contribution is -0.639. The number of aliphatic hydroxyl groups excluding tert-OH is 1. The van der Waals surface area contributed by atoms with Crippen molar-refractivity contribution in [1.82, 2.24) is 0 Å². The fourth-order valence-corrected chi connectivity index (χ4v) is 17.7. The molecule has 5 aromatic rings. The number of Topliss-reactive ketones (excluding diaryl/α,β-unsaturated/α-hetero) is 1. The summed E-state index contributed by atoms with van der Waals surface area (Å²) in [5.74, 6) is 0.726. The van der Waals surface area contributed by atoms with Gasteiger partial charge in [0.25, 0.3) is 5.79 Å². The predicted octanol–water partition coefficient (Wildman–Crippen LogP) is 19.5. The van der Waals surface area contributed by atoms with Crippen LogP contribution < -0.4 is 10.9 Å². The largest absolute Gasteiger partial charge is 0.492 e. The van der Waals surface area contributed by atoms with Gasteiger partial charge in [-0.3, -0.25) is 4.79 Å². The molecule has 22 heteroatoms. The van der Waals surface area contributed by atoms with Crippen molar-refractivity contribution < 1.29 is 73.0 Å². The molecule has 1 spiro atoms. The van der Waals surface area contributed by atoms with Gasteiger partial charge >= 0.3 is 26.2 Å². The molecule has 5 atom stereocenters.